The fourth-order valence-electron chi connectivity index (χ4n) is 1.47. The normalized spacial score (nSPS) is 21.0. The third-order valence-corrected chi connectivity index (χ3v) is 2.45. The van der Waals surface area contributed by atoms with Crippen molar-refractivity contribution in [2.45, 2.75) is 12.8 Å². The number of ether oxygens (including phenoxy) is 1. The second kappa shape index (κ2) is 3.05. The number of hydrogen-bond acceptors (Lipinski definition) is 2. The van der Waals surface area contributed by atoms with E-state index in [-0.39, 0.29) is 6.23 Å². The lowest BCUT2D eigenvalue weighted by molar-refractivity contribution is 0.0475. The fourth-order valence-corrected chi connectivity index (χ4v) is 1.70. The summed E-state index contributed by atoms with van der Waals surface area (Å²) in [5.41, 5.74) is 2.27. The first-order chi connectivity index (χ1) is 5.83. The molecule has 0 amide bonds. The Bertz CT molecular complexity index is 301. The lowest BCUT2D eigenvalue weighted by Crippen LogP contribution is -2.14. The molecular formula is C9H10ClNO. The highest BCUT2D eigenvalue weighted by Crippen LogP contribution is 2.32. The zero-order chi connectivity index (χ0) is 8.55. The zero-order valence-corrected chi connectivity index (χ0v) is 7.56. The number of halogens is 1. The van der Waals surface area contributed by atoms with E-state index in [2.05, 4.69) is 5.32 Å². The van der Waals surface area contributed by atoms with Gasteiger partial charge in [0.1, 0.15) is 6.23 Å². The quantitative estimate of drug-likeness (QED) is 0.720. The Morgan fingerprint density at radius 2 is 2.42 bits per heavy atom. The van der Waals surface area contributed by atoms with Crippen LogP contribution in [0.1, 0.15) is 17.4 Å². The van der Waals surface area contributed by atoms with Gasteiger partial charge in [-0.05, 0) is 13.1 Å². The lowest BCUT2D eigenvalue weighted by atomic mass is 10.1. The van der Waals surface area contributed by atoms with Gasteiger partial charge in [0.05, 0.1) is 6.61 Å². The van der Waals surface area contributed by atoms with Crippen molar-refractivity contribution in [2.24, 2.45) is 0 Å². The van der Waals surface area contributed by atoms with Crippen LogP contribution in [0.5, 0.6) is 0 Å². The first kappa shape index (κ1) is 8.05. The highest BCUT2D eigenvalue weighted by molar-refractivity contribution is 6.31. The highest BCUT2D eigenvalue weighted by atomic mass is 35.5. The molecule has 0 aliphatic carbocycles. The van der Waals surface area contributed by atoms with Gasteiger partial charge >= 0.3 is 0 Å². The molecule has 1 unspecified atom stereocenters. The van der Waals surface area contributed by atoms with Crippen LogP contribution >= 0.6 is 11.6 Å². The van der Waals surface area contributed by atoms with E-state index < -0.39 is 0 Å². The van der Waals surface area contributed by atoms with Gasteiger partial charge in [-0.15, -0.1) is 0 Å². The van der Waals surface area contributed by atoms with E-state index in [4.69, 9.17) is 16.3 Å². The van der Waals surface area contributed by atoms with Crippen molar-refractivity contribution in [1.82, 2.24) is 5.32 Å². The molecule has 64 valence electrons. The molecular weight excluding hydrogens is 174 g/mol. The van der Waals surface area contributed by atoms with Gasteiger partial charge < -0.3 is 4.74 Å². The molecule has 1 atom stereocenters. The number of hydrogen-bond donors (Lipinski definition) is 1. The smallest absolute Gasteiger partial charge is 0.134 e. The summed E-state index contributed by atoms with van der Waals surface area (Å²) >= 11 is 5.98. The monoisotopic (exact) mass is 183 g/mol. The van der Waals surface area contributed by atoms with E-state index in [9.17, 15) is 0 Å². The van der Waals surface area contributed by atoms with Crippen molar-refractivity contribution in [3.8, 4) is 0 Å². The first-order valence-corrected chi connectivity index (χ1v) is 4.27. The summed E-state index contributed by atoms with van der Waals surface area (Å²) in [7, 11) is 1.88. The van der Waals surface area contributed by atoms with Crippen molar-refractivity contribution in [3.05, 3.63) is 34.3 Å². The van der Waals surface area contributed by atoms with Crippen molar-refractivity contribution < 1.29 is 4.74 Å². The van der Waals surface area contributed by atoms with Gasteiger partial charge in [-0.2, -0.15) is 0 Å². The standard InChI is InChI=1S/C9H10ClNO/c1-11-9-6-3-2-4-8(10)7(6)5-12-9/h2-4,9,11H,5H2,1H3. The lowest BCUT2D eigenvalue weighted by Gasteiger charge is -2.08. The Hall–Kier alpha value is -0.570. The number of benzene rings is 1. The summed E-state index contributed by atoms with van der Waals surface area (Å²) in [6.07, 6.45) is 0.0127. The van der Waals surface area contributed by atoms with Crippen molar-refractivity contribution in [2.75, 3.05) is 7.05 Å². The Morgan fingerprint density at radius 3 is 3.17 bits per heavy atom. The molecule has 0 radical (unpaired) electrons. The van der Waals surface area contributed by atoms with Gasteiger partial charge in [0, 0.05) is 16.1 Å². The van der Waals surface area contributed by atoms with Crippen LogP contribution in [0.3, 0.4) is 0 Å². The maximum atomic E-state index is 5.98. The molecule has 0 saturated heterocycles. The third kappa shape index (κ3) is 1.12. The van der Waals surface area contributed by atoms with E-state index in [0.717, 1.165) is 16.1 Å². The molecule has 1 aliphatic rings. The molecule has 0 bridgehead atoms. The molecule has 2 rings (SSSR count). The van der Waals surface area contributed by atoms with Gasteiger partial charge in [0.15, 0.2) is 0 Å². The van der Waals surface area contributed by atoms with Crippen LogP contribution in [0.25, 0.3) is 0 Å². The average molecular weight is 184 g/mol. The van der Waals surface area contributed by atoms with Crippen molar-refractivity contribution >= 4 is 11.6 Å². The average Bonchev–Trinajstić information content (AvgIpc) is 2.49. The second-order valence-corrected chi connectivity index (χ2v) is 3.19. The molecule has 0 fully saturated rings. The van der Waals surface area contributed by atoms with Crippen LogP contribution < -0.4 is 5.32 Å². The summed E-state index contributed by atoms with van der Waals surface area (Å²) in [5.74, 6) is 0. The Labute approximate surface area is 76.5 Å². The molecule has 1 heterocycles. The van der Waals surface area contributed by atoms with Gasteiger partial charge in [0.25, 0.3) is 0 Å². The molecule has 1 aromatic carbocycles. The van der Waals surface area contributed by atoms with Crippen LogP contribution in [0.4, 0.5) is 0 Å². The maximum Gasteiger partial charge on any atom is 0.134 e. The first-order valence-electron chi connectivity index (χ1n) is 3.89. The van der Waals surface area contributed by atoms with Crippen LogP contribution in [0, 0.1) is 0 Å². The van der Waals surface area contributed by atoms with Crippen molar-refractivity contribution in [1.29, 1.82) is 0 Å². The molecule has 12 heavy (non-hydrogen) atoms. The topological polar surface area (TPSA) is 21.3 Å². The highest BCUT2D eigenvalue weighted by Gasteiger charge is 2.22. The molecule has 1 N–H and O–H groups in total. The van der Waals surface area contributed by atoms with E-state index >= 15 is 0 Å². The minimum atomic E-state index is 0.0127. The predicted octanol–water partition coefficient (Wildman–Crippen LogP) is 2.09. The summed E-state index contributed by atoms with van der Waals surface area (Å²) in [4.78, 5) is 0. The van der Waals surface area contributed by atoms with Crippen LogP contribution in [0.2, 0.25) is 5.02 Å². The summed E-state index contributed by atoms with van der Waals surface area (Å²) in [5, 5.41) is 3.86. The Balaban J connectivity index is 2.46. The van der Waals surface area contributed by atoms with Gasteiger partial charge in [0.2, 0.25) is 0 Å². The predicted molar refractivity (Wildman–Crippen MR) is 48.0 cm³/mol. The van der Waals surface area contributed by atoms with Crippen molar-refractivity contribution in [3.63, 3.8) is 0 Å². The molecule has 3 heteroatoms. The van der Waals surface area contributed by atoms with E-state index in [0.29, 0.717) is 6.61 Å². The largest absolute Gasteiger partial charge is 0.354 e. The summed E-state index contributed by atoms with van der Waals surface area (Å²) < 4.78 is 5.46. The number of fused-ring (bicyclic) bond motifs is 1. The molecule has 2 nitrogen and oxygen atoms in total. The van der Waals surface area contributed by atoms with Crippen LogP contribution in [-0.2, 0) is 11.3 Å². The number of rotatable bonds is 1. The van der Waals surface area contributed by atoms with E-state index in [1.165, 1.54) is 0 Å². The SMILES string of the molecule is CNC1OCc2c(Cl)cccc21. The molecule has 1 aliphatic heterocycles. The van der Waals surface area contributed by atoms with Gasteiger partial charge in [-0.1, -0.05) is 23.7 Å². The summed E-state index contributed by atoms with van der Waals surface area (Å²) in [6.45, 7) is 0.612. The Kier molecular flexibility index (Phi) is 2.05. The number of nitrogens with one attached hydrogen (secondary N) is 1. The van der Waals surface area contributed by atoms with E-state index in [1.54, 1.807) is 0 Å². The van der Waals surface area contributed by atoms with Gasteiger partial charge in [-0.25, -0.2) is 0 Å². The van der Waals surface area contributed by atoms with Gasteiger partial charge in [-0.3, -0.25) is 5.32 Å². The molecule has 0 saturated carbocycles. The third-order valence-electron chi connectivity index (χ3n) is 2.09. The molecule has 0 aromatic heterocycles. The van der Waals surface area contributed by atoms with Crippen LogP contribution in [-0.4, -0.2) is 7.05 Å². The summed E-state index contributed by atoms with van der Waals surface area (Å²) in [6, 6.07) is 5.87. The minimum absolute atomic E-state index is 0.0127. The van der Waals surface area contributed by atoms with Crippen LogP contribution in [0.15, 0.2) is 18.2 Å². The minimum Gasteiger partial charge on any atom is -0.354 e. The molecule has 0 spiro atoms. The zero-order valence-electron chi connectivity index (χ0n) is 6.80. The molecule has 1 aromatic rings. The fraction of sp³-hybridized carbons (Fsp3) is 0.333. The maximum absolute atomic E-state index is 5.98. The Morgan fingerprint density at radius 1 is 1.58 bits per heavy atom. The second-order valence-electron chi connectivity index (χ2n) is 2.79. The van der Waals surface area contributed by atoms with E-state index in [1.807, 2.05) is 25.2 Å².